The summed E-state index contributed by atoms with van der Waals surface area (Å²) in [4.78, 5) is 29.7. The number of nitrogens with zero attached hydrogens (tertiary/aromatic N) is 2. The molecule has 1 amide bonds. The van der Waals surface area contributed by atoms with Crippen LogP contribution in [0.5, 0.6) is 5.75 Å². The molecule has 0 radical (unpaired) electrons. The fraction of sp³-hybridized carbons (Fsp3) is 0.407. The van der Waals surface area contributed by atoms with E-state index < -0.39 is 23.5 Å². The number of carbonyl (C=O) groups excluding carboxylic acids is 2. The SMILES string of the molecule is CCCOc1ccc(/C(O)=C2\C(=O)C(=O)N(CCN(CC)CC)C2c2ccccc2F)c(C)c1. The molecule has 2 aromatic rings. The summed E-state index contributed by atoms with van der Waals surface area (Å²) in [6.07, 6.45) is 0.861. The number of aryl methyl sites for hydroxylation is 1. The third-order valence-corrected chi connectivity index (χ3v) is 6.22. The maximum atomic E-state index is 14.9. The van der Waals surface area contributed by atoms with Crippen molar-refractivity contribution in [3.8, 4) is 5.75 Å². The first-order valence-corrected chi connectivity index (χ1v) is 11.8. The quantitative estimate of drug-likeness (QED) is 0.311. The van der Waals surface area contributed by atoms with Gasteiger partial charge in [-0.25, -0.2) is 4.39 Å². The van der Waals surface area contributed by atoms with E-state index in [1.807, 2.05) is 20.8 Å². The minimum atomic E-state index is -1.01. The molecule has 182 valence electrons. The lowest BCUT2D eigenvalue weighted by Crippen LogP contribution is -2.38. The van der Waals surface area contributed by atoms with Crippen molar-refractivity contribution in [2.45, 2.75) is 40.2 Å². The number of amides is 1. The molecule has 1 fully saturated rings. The van der Waals surface area contributed by atoms with Crippen LogP contribution in [0.15, 0.2) is 48.0 Å². The lowest BCUT2D eigenvalue weighted by Gasteiger charge is -2.28. The Morgan fingerprint density at radius 2 is 1.82 bits per heavy atom. The van der Waals surface area contributed by atoms with Crippen LogP contribution in [-0.4, -0.2) is 59.4 Å². The Bertz CT molecular complexity index is 1080. The van der Waals surface area contributed by atoms with E-state index in [1.165, 1.54) is 11.0 Å². The zero-order chi connectivity index (χ0) is 24.8. The normalized spacial score (nSPS) is 17.6. The number of aliphatic hydroxyl groups is 1. The fourth-order valence-corrected chi connectivity index (χ4v) is 4.28. The standard InChI is InChI=1S/C27H33FN2O4/c1-5-16-34-19-12-13-20(18(4)17-19)25(31)23-24(21-10-8-9-11-22(21)28)30(27(33)26(23)32)15-14-29(6-2)7-3/h8-13,17,24,31H,5-7,14-16H2,1-4H3/b25-23+. The third-order valence-electron chi connectivity index (χ3n) is 6.22. The lowest BCUT2D eigenvalue weighted by atomic mass is 9.93. The summed E-state index contributed by atoms with van der Waals surface area (Å²) in [6.45, 7) is 10.8. The largest absolute Gasteiger partial charge is 0.507 e. The molecule has 1 aliphatic rings. The van der Waals surface area contributed by atoms with Crippen LogP contribution in [0, 0.1) is 12.7 Å². The molecule has 0 aliphatic carbocycles. The van der Waals surface area contributed by atoms with Gasteiger partial charge in [-0.1, -0.05) is 39.0 Å². The van der Waals surface area contributed by atoms with Gasteiger partial charge in [0.1, 0.15) is 17.3 Å². The van der Waals surface area contributed by atoms with Gasteiger partial charge in [0.05, 0.1) is 18.2 Å². The summed E-state index contributed by atoms with van der Waals surface area (Å²) in [5, 5.41) is 11.3. The van der Waals surface area contributed by atoms with Gasteiger partial charge in [0.15, 0.2) is 0 Å². The van der Waals surface area contributed by atoms with E-state index in [9.17, 15) is 19.1 Å². The van der Waals surface area contributed by atoms with Gasteiger partial charge in [0, 0.05) is 24.2 Å². The van der Waals surface area contributed by atoms with Crippen molar-refractivity contribution in [1.29, 1.82) is 0 Å². The van der Waals surface area contributed by atoms with Crippen molar-refractivity contribution >= 4 is 17.4 Å². The topological polar surface area (TPSA) is 70.1 Å². The number of ether oxygens (including phenoxy) is 1. The highest BCUT2D eigenvalue weighted by molar-refractivity contribution is 6.46. The van der Waals surface area contributed by atoms with Crippen molar-refractivity contribution in [3.05, 3.63) is 70.5 Å². The Labute approximate surface area is 200 Å². The Kier molecular flexibility index (Phi) is 8.45. The molecule has 0 saturated carbocycles. The second kappa shape index (κ2) is 11.3. The summed E-state index contributed by atoms with van der Waals surface area (Å²) in [5.74, 6) is -1.73. The van der Waals surface area contributed by atoms with Crippen LogP contribution in [-0.2, 0) is 9.59 Å². The number of hydrogen-bond donors (Lipinski definition) is 1. The molecule has 1 heterocycles. The molecule has 0 bridgehead atoms. The molecular weight excluding hydrogens is 435 g/mol. The average molecular weight is 469 g/mol. The van der Waals surface area contributed by atoms with Gasteiger partial charge < -0.3 is 19.6 Å². The van der Waals surface area contributed by atoms with Crippen molar-refractivity contribution in [1.82, 2.24) is 9.80 Å². The van der Waals surface area contributed by atoms with Gasteiger partial charge in [0.2, 0.25) is 0 Å². The highest BCUT2D eigenvalue weighted by Crippen LogP contribution is 2.40. The van der Waals surface area contributed by atoms with Crippen LogP contribution in [0.25, 0.3) is 5.76 Å². The first kappa shape index (κ1) is 25.4. The number of rotatable bonds is 10. The van der Waals surface area contributed by atoms with E-state index in [1.54, 1.807) is 43.3 Å². The molecule has 1 unspecified atom stereocenters. The van der Waals surface area contributed by atoms with Crippen LogP contribution in [0.2, 0.25) is 0 Å². The zero-order valence-electron chi connectivity index (χ0n) is 20.3. The van der Waals surface area contributed by atoms with E-state index in [0.29, 0.717) is 30.0 Å². The van der Waals surface area contributed by atoms with Gasteiger partial charge in [-0.2, -0.15) is 0 Å². The van der Waals surface area contributed by atoms with Gasteiger partial charge >= 0.3 is 0 Å². The molecule has 0 aromatic heterocycles. The van der Waals surface area contributed by atoms with E-state index >= 15 is 0 Å². The molecule has 3 rings (SSSR count). The molecule has 6 nitrogen and oxygen atoms in total. The van der Waals surface area contributed by atoms with Gasteiger partial charge in [0.25, 0.3) is 11.7 Å². The van der Waals surface area contributed by atoms with E-state index in [2.05, 4.69) is 4.90 Å². The first-order valence-electron chi connectivity index (χ1n) is 11.8. The number of ketones is 1. The average Bonchev–Trinajstić information content (AvgIpc) is 3.08. The molecule has 1 saturated heterocycles. The summed E-state index contributed by atoms with van der Waals surface area (Å²) in [6, 6.07) is 10.2. The number of likely N-dealkylation sites (tertiary alicyclic amines) is 1. The van der Waals surface area contributed by atoms with Gasteiger partial charge in [-0.05, 0) is 56.3 Å². The Balaban J connectivity index is 2.10. The Morgan fingerprint density at radius 1 is 1.12 bits per heavy atom. The van der Waals surface area contributed by atoms with Crippen LogP contribution in [0.1, 0.15) is 49.9 Å². The molecule has 0 spiro atoms. The van der Waals surface area contributed by atoms with Crippen LogP contribution >= 0.6 is 0 Å². The number of likely N-dealkylation sites (N-methyl/N-ethyl adjacent to an activating group) is 1. The van der Waals surface area contributed by atoms with Crippen molar-refractivity contribution < 1.29 is 23.8 Å². The monoisotopic (exact) mass is 468 g/mol. The molecule has 34 heavy (non-hydrogen) atoms. The van der Waals surface area contributed by atoms with Crippen LogP contribution in [0.4, 0.5) is 4.39 Å². The van der Waals surface area contributed by atoms with Crippen LogP contribution < -0.4 is 4.74 Å². The number of hydrogen-bond acceptors (Lipinski definition) is 5. The predicted octanol–water partition coefficient (Wildman–Crippen LogP) is 4.69. The number of halogens is 1. The molecule has 7 heteroatoms. The van der Waals surface area contributed by atoms with Crippen molar-refractivity contribution in [2.24, 2.45) is 0 Å². The molecule has 1 N–H and O–H groups in total. The minimum Gasteiger partial charge on any atom is -0.507 e. The third kappa shape index (κ3) is 5.14. The van der Waals surface area contributed by atoms with Crippen LogP contribution in [0.3, 0.4) is 0 Å². The van der Waals surface area contributed by atoms with Gasteiger partial charge in [-0.15, -0.1) is 0 Å². The maximum Gasteiger partial charge on any atom is 0.295 e. The maximum absolute atomic E-state index is 14.9. The number of aliphatic hydroxyl groups excluding tert-OH is 1. The van der Waals surface area contributed by atoms with E-state index in [4.69, 9.17) is 4.74 Å². The smallest absolute Gasteiger partial charge is 0.295 e. The molecule has 1 aliphatic heterocycles. The van der Waals surface area contributed by atoms with Gasteiger partial charge in [-0.3, -0.25) is 9.59 Å². The first-order chi connectivity index (χ1) is 16.3. The summed E-state index contributed by atoms with van der Waals surface area (Å²) in [5.41, 5.74) is 1.18. The highest BCUT2D eigenvalue weighted by atomic mass is 19.1. The fourth-order valence-electron chi connectivity index (χ4n) is 4.28. The summed E-state index contributed by atoms with van der Waals surface area (Å²) in [7, 11) is 0. The van der Waals surface area contributed by atoms with E-state index in [0.717, 1.165) is 19.5 Å². The molecule has 1 atom stereocenters. The minimum absolute atomic E-state index is 0.0972. The Morgan fingerprint density at radius 3 is 2.44 bits per heavy atom. The predicted molar refractivity (Wildman–Crippen MR) is 130 cm³/mol. The second-order valence-corrected chi connectivity index (χ2v) is 8.37. The summed E-state index contributed by atoms with van der Waals surface area (Å²) < 4.78 is 20.6. The molecular formula is C27H33FN2O4. The van der Waals surface area contributed by atoms with Crippen molar-refractivity contribution in [2.75, 3.05) is 32.8 Å². The molecule has 2 aromatic carbocycles. The Hall–Kier alpha value is -3.19. The second-order valence-electron chi connectivity index (χ2n) is 8.37. The number of Topliss-reactive ketones (excluding diaryl/α,β-unsaturated/α-hetero) is 1. The van der Waals surface area contributed by atoms with Crippen molar-refractivity contribution in [3.63, 3.8) is 0 Å². The lowest BCUT2D eigenvalue weighted by molar-refractivity contribution is -0.140. The van der Waals surface area contributed by atoms with E-state index in [-0.39, 0.29) is 23.4 Å². The summed E-state index contributed by atoms with van der Waals surface area (Å²) >= 11 is 0. The number of benzene rings is 2. The zero-order valence-corrected chi connectivity index (χ0v) is 20.3. The number of carbonyl (C=O) groups is 2. The highest BCUT2D eigenvalue weighted by Gasteiger charge is 2.46.